The fourth-order valence-corrected chi connectivity index (χ4v) is 3.46. The van der Waals surface area contributed by atoms with Gasteiger partial charge < -0.3 is 9.30 Å². The van der Waals surface area contributed by atoms with Gasteiger partial charge in [-0.15, -0.1) is 12.4 Å². The molecule has 0 bridgehead atoms. The van der Waals surface area contributed by atoms with Crippen molar-refractivity contribution in [3.63, 3.8) is 0 Å². The Labute approximate surface area is 189 Å². The van der Waals surface area contributed by atoms with Gasteiger partial charge in [-0.05, 0) is 48.2 Å². The normalized spacial score (nSPS) is 11.3. The van der Waals surface area contributed by atoms with Crippen molar-refractivity contribution in [2.45, 2.75) is 26.5 Å². The second-order valence-corrected chi connectivity index (χ2v) is 7.29. The summed E-state index contributed by atoms with van der Waals surface area (Å²) in [5.41, 5.74) is 5.02. The predicted octanol–water partition coefficient (Wildman–Crippen LogP) is 6.34. The SMILES string of the molecule is Cc1nccn1Cc1ccc(C#N)c(OC(C)c2ccc(-c3ccccc3)cc2)c1.Cl. The third kappa shape index (κ3) is 5.14. The molecule has 0 amide bonds. The highest BCUT2D eigenvalue weighted by atomic mass is 35.5. The maximum absolute atomic E-state index is 9.51. The summed E-state index contributed by atoms with van der Waals surface area (Å²) in [4.78, 5) is 4.27. The van der Waals surface area contributed by atoms with Gasteiger partial charge in [-0.3, -0.25) is 0 Å². The molecule has 0 aliphatic heterocycles. The standard InChI is InChI=1S/C26H23N3O.ClH/c1-19(22-10-12-24(13-11-22)23-6-4-3-5-7-23)30-26-16-21(8-9-25(26)17-27)18-29-15-14-28-20(29)2;/h3-16,19H,18H2,1-2H3;1H. The summed E-state index contributed by atoms with van der Waals surface area (Å²) in [5, 5.41) is 9.51. The number of rotatable bonds is 6. The molecule has 0 saturated carbocycles. The minimum absolute atomic E-state index is 0. The summed E-state index contributed by atoms with van der Waals surface area (Å²) in [6, 6.07) is 26.6. The van der Waals surface area contributed by atoms with Crippen LogP contribution >= 0.6 is 12.4 Å². The molecule has 0 fully saturated rings. The van der Waals surface area contributed by atoms with Gasteiger partial charge >= 0.3 is 0 Å². The Morgan fingerprint density at radius 1 is 1.00 bits per heavy atom. The predicted molar refractivity (Wildman–Crippen MR) is 125 cm³/mol. The number of hydrogen-bond donors (Lipinski definition) is 0. The first-order chi connectivity index (χ1) is 14.6. The Balaban J connectivity index is 0.00000272. The second-order valence-electron chi connectivity index (χ2n) is 7.29. The lowest BCUT2D eigenvalue weighted by Gasteiger charge is -2.17. The largest absolute Gasteiger partial charge is 0.485 e. The average Bonchev–Trinajstić information content (AvgIpc) is 3.19. The maximum Gasteiger partial charge on any atom is 0.138 e. The molecular weight excluding hydrogens is 406 g/mol. The molecule has 1 unspecified atom stereocenters. The van der Waals surface area contributed by atoms with E-state index >= 15 is 0 Å². The fraction of sp³-hybridized carbons (Fsp3) is 0.154. The number of ether oxygens (including phenoxy) is 1. The van der Waals surface area contributed by atoms with Gasteiger partial charge in [0.25, 0.3) is 0 Å². The molecule has 4 rings (SSSR count). The summed E-state index contributed by atoms with van der Waals surface area (Å²) >= 11 is 0. The number of hydrogen-bond acceptors (Lipinski definition) is 3. The van der Waals surface area contributed by atoms with E-state index in [0.717, 1.165) is 17.0 Å². The van der Waals surface area contributed by atoms with Crippen molar-refractivity contribution in [1.82, 2.24) is 9.55 Å². The topological polar surface area (TPSA) is 50.8 Å². The Hall–Kier alpha value is -3.55. The van der Waals surface area contributed by atoms with Crippen LogP contribution in [0.2, 0.25) is 0 Å². The van der Waals surface area contributed by atoms with Crippen molar-refractivity contribution >= 4 is 12.4 Å². The second kappa shape index (κ2) is 9.97. The summed E-state index contributed by atoms with van der Waals surface area (Å²) in [7, 11) is 0. The van der Waals surface area contributed by atoms with Crippen molar-refractivity contribution in [2.75, 3.05) is 0 Å². The van der Waals surface area contributed by atoms with Crippen molar-refractivity contribution < 1.29 is 4.74 Å². The van der Waals surface area contributed by atoms with E-state index in [9.17, 15) is 5.26 Å². The Morgan fingerprint density at radius 3 is 2.35 bits per heavy atom. The average molecular weight is 430 g/mol. The Kier molecular flexibility index (Phi) is 7.12. The van der Waals surface area contributed by atoms with Crippen LogP contribution in [0.5, 0.6) is 5.75 Å². The summed E-state index contributed by atoms with van der Waals surface area (Å²) in [6.45, 7) is 4.67. The quantitative estimate of drug-likeness (QED) is 0.359. The van der Waals surface area contributed by atoms with E-state index in [1.54, 1.807) is 6.20 Å². The summed E-state index contributed by atoms with van der Waals surface area (Å²) < 4.78 is 8.28. The molecule has 0 aliphatic carbocycles. The van der Waals surface area contributed by atoms with E-state index in [1.165, 1.54) is 11.1 Å². The molecule has 0 spiro atoms. The number of aryl methyl sites for hydroxylation is 1. The van der Waals surface area contributed by atoms with Gasteiger partial charge in [0, 0.05) is 18.9 Å². The first-order valence-electron chi connectivity index (χ1n) is 9.97. The zero-order chi connectivity index (χ0) is 20.9. The van der Waals surface area contributed by atoms with E-state index in [-0.39, 0.29) is 18.5 Å². The van der Waals surface area contributed by atoms with Gasteiger partial charge in [-0.2, -0.15) is 5.26 Å². The highest BCUT2D eigenvalue weighted by Gasteiger charge is 2.12. The van der Waals surface area contributed by atoms with E-state index < -0.39 is 0 Å². The lowest BCUT2D eigenvalue weighted by Crippen LogP contribution is -2.06. The Morgan fingerprint density at radius 2 is 1.71 bits per heavy atom. The number of benzene rings is 3. The molecule has 1 heterocycles. The molecule has 5 heteroatoms. The van der Waals surface area contributed by atoms with Crippen LogP contribution < -0.4 is 4.74 Å². The highest BCUT2D eigenvalue weighted by molar-refractivity contribution is 5.85. The molecule has 0 radical (unpaired) electrons. The molecule has 156 valence electrons. The minimum atomic E-state index is -0.174. The third-order valence-electron chi connectivity index (χ3n) is 5.23. The monoisotopic (exact) mass is 429 g/mol. The van der Waals surface area contributed by atoms with Crippen LogP contribution in [0.4, 0.5) is 0 Å². The van der Waals surface area contributed by atoms with Crippen LogP contribution in [0.25, 0.3) is 11.1 Å². The summed E-state index contributed by atoms with van der Waals surface area (Å²) in [6.07, 6.45) is 3.56. The van der Waals surface area contributed by atoms with Gasteiger partial charge in [0.1, 0.15) is 23.7 Å². The van der Waals surface area contributed by atoms with E-state index in [2.05, 4.69) is 52.0 Å². The number of halogens is 1. The van der Waals surface area contributed by atoms with Crippen LogP contribution in [0.15, 0.2) is 85.2 Å². The van der Waals surface area contributed by atoms with Crippen LogP contribution in [0.1, 0.15) is 35.5 Å². The van der Waals surface area contributed by atoms with Gasteiger partial charge in [-0.1, -0.05) is 60.7 Å². The smallest absolute Gasteiger partial charge is 0.138 e. The lowest BCUT2D eigenvalue weighted by atomic mass is 10.0. The van der Waals surface area contributed by atoms with Gasteiger partial charge in [-0.25, -0.2) is 4.98 Å². The Bertz CT molecular complexity index is 1180. The number of nitrogens with zero attached hydrogens (tertiary/aromatic N) is 3. The number of aromatic nitrogens is 2. The molecule has 4 nitrogen and oxygen atoms in total. The van der Waals surface area contributed by atoms with Crippen molar-refractivity contribution in [1.29, 1.82) is 5.26 Å². The molecule has 31 heavy (non-hydrogen) atoms. The van der Waals surface area contributed by atoms with E-state index in [4.69, 9.17) is 4.74 Å². The number of nitriles is 1. The lowest BCUT2D eigenvalue weighted by molar-refractivity contribution is 0.226. The minimum Gasteiger partial charge on any atom is -0.485 e. The van der Waals surface area contributed by atoms with Crippen molar-refractivity contribution in [3.05, 3.63) is 108 Å². The van der Waals surface area contributed by atoms with Crippen LogP contribution in [-0.2, 0) is 6.54 Å². The van der Waals surface area contributed by atoms with E-state index in [1.807, 2.05) is 56.4 Å². The van der Waals surface area contributed by atoms with Crippen LogP contribution in [-0.4, -0.2) is 9.55 Å². The zero-order valence-corrected chi connectivity index (χ0v) is 18.3. The molecule has 0 aliphatic rings. The van der Waals surface area contributed by atoms with Crippen LogP contribution in [0, 0.1) is 18.3 Å². The zero-order valence-electron chi connectivity index (χ0n) is 17.5. The molecule has 3 aromatic carbocycles. The maximum atomic E-state index is 9.51. The van der Waals surface area contributed by atoms with Gasteiger partial charge in [0.15, 0.2) is 0 Å². The highest BCUT2D eigenvalue weighted by Crippen LogP contribution is 2.28. The van der Waals surface area contributed by atoms with Crippen LogP contribution in [0.3, 0.4) is 0 Å². The summed E-state index contributed by atoms with van der Waals surface area (Å²) in [5.74, 6) is 1.56. The molecular formula is C26H24ClN3O. The molecule has 1 atom stereocenters. The first kappa shape index (κ1) is 22.1. The molecule has 1 aromatic heterocycles. The first-order valence-corrected chi connectivity index (χ1v) is 9.97. The van der Waals surface area contributed by atoms with Gasteiger partial charge in [0.05, 0.1) is 5.56 Å². The van der Waals surface area contributed by atoms with E-state index in [0.29, 0.717) is 17.9 Å². The van der Waals surface area contributed by atoms with Crippen molar-refractivity contribution in [2.24, 2.45) is 0 Å². The number of imidazole rings is 1. The van der Waals surface area contributed by atoms with Gasteiger partial charge in [0.2, 0.25) is 0 Å². The molecule has 0 saturated heterocycles. The third-order valence-corrected chi connectivity index (χ3v) is 5.23. The fourth-order valence-electron chi connectivity index (χ4n) is 3.46. The molecule has 0 N–H and O–H groups in total. The molecule has 4 aromatic rings. The van der Waals surface area contributed by atoms with Crippen molar-refractivity contribution in [3.8, 4) is 22.9 Å².